The summed E-state index contributed by atoms with van der Waals surface area (Å²) in [6.45, 7) is 4.96. The Bertz CT molecular complexity index is 1120. The zero-order chi connectivity index (χ0) is 20.5. The number of aromatic nitrogens is 4. The standard InChI is InChI=1S/C20H23N5O4/c1-12(2)18(13-4-5-15-16(8-13)29-7-6-28-15)23-17(26)10-25-11-21-19-14(20(25)27)9-22-24(19)3/h4-5,8-9,11-12,18H,6-7,10H2,1-3H3,(H,23,26)/t18-/m1/s1. The fourth-order valence-electron chi connectivity index (χ4n) is 3.44. The second-order valence-corrected chi connectivity index (χ2v) is 7.38. The molecule has 9 heteroatoms. The first-order chi connectivity index (χ1) is 13.9. The van der Waals surface area contributed by atoms with Gasteiger partial charge in [-0.15, -0.1) is 0 Å². The maximum atomic E-state index is 12.7. The molecule has 29 heavy (non-hydrogen) atoms. The summed E-state index contributed by atoms with van der Waals surface area (Å²) >= 11 is 0. The molecule has 4 rings (SSSR count). The van der Waals surface area contributed by atoms with Crippen LogP contribution < -0.4 is 20.3 Å². The molecule has 152 valence electrons. The van der Waals surface area contributed by atoms with Crippen molar-refractivity contribution in [1.82, 2.24) is 24.6 Å². The minimum atomic E-state index is -0.293. The van der Waals surface area contributed by atoms with Crippen LogP contribution in [0.3, 0.4) is 0 Å². The van der Waals surface area contributed by atoms with Crippen molar-refractivity contribution in [3.63, 3.8) is 0 Å². The molecule has 1 N–H and O–H groups in total. The molecule has 0 unspecified atom stereocenters. The Kier molecular flexibility index (Phi) is 4.96. The molecule has 0 bridgehead atoms. The number of carbonyl (C=O) groups is 1. The van der Waals surface area contributed by atoms with Gasteiger partial charge in [-0.25, -0.2) is 4.98 Å². The van der Waals surface area contributed by atoms with Gasteiger partial charge in [0.2, 0.25) is 5.91 Å². The number of nitrogens with one attached hydrogen (secondary N) is 1. The van der Waals surface area contributed by atoms with E-state index in [0.29, 0.717) is 35.7 Å². The Labute approximate surface area is 167 Å². The van der Waals surface area contributed by atoms with Gasteiger partial charge >= 0.3 is 0 Å². The van der Waals surface area contributed by atoms with Gasteiger partial charge in [0.25, 0.3) is 5.56 Å². The van der Waals surface area contributed by atoms with E-state index in [-0.39, 0.29) is 30.0 Å². The Morgan fingerprint density at radius 2 is 2.00 bits per heavy atom. The van der Waals surface area contributed by atoms with Crippen LogP contribution in [0, 0.1) is 5.92 Å². The minimum Gasteiger partial charge on any atom is -0.486 e. The van der Waals surface area contributed by atoms with Gasteiger partial charge < -0.3 is 14.8 Å². The van der Waals surface area contributed by atoms with Crippen LogP contribution in [-0.4, -0.2) is 38.5 Å². The molecule has 1 aliphatic heterocycles. The van der Waals surface area contributed by atoms with E-state index in [1.807, 2.05) is 32.0 Å². The average Bonchev–Trinajstić information content (AvgIpc) is 3.09. The number of rotatable bonds is 5. The van der Waals surface area contributed by atoms with E-state index in [1.54, 1.807) is 7.05 Å². The van der Waals surface area contributed by atoms with Gasteiger partial charge in [0, 0.05) is 7.05 Å². The van der Waals surface area contributed by atoms with Crippen LogP contribution in [0.1, 0.15) is 25.5 Å². The summed E-state index contributed by atoms with van der Waals surface area (Å²) < 4.78 is 14.0. The lowest BCUT2D eigenvalue weighted by Crippen LogP contribution is -2.36. The normalized spacial score (nSPS) is 14.2. The van der Waals surface area contributed by atoms with Crippen LogP contribution in [0.5, 0.6) is 11.5 Å². The van der Waals surface area contributed by atoms with Crippen molar-refractivity contribution in [1.29, 1.82) is 0 Å². The lowest BCUT2D eigenvalue weighted by atomic mass is 9.95. The van der Waals surface area contributed by atoms with Crippen LogP contribution >= 0.6 is 0 Å². The van der Waals surface area contributed by atoms with Gasteiger partial charge in [0.05, 0.1) is 12.2 Å². The molecule has 3 aromatic rings. The summed E-state index contributed by atoms with van der Waals surface area (Å²) in [4.78, 5) is 29.5. The van der Waals surface area contributed by atoms with Crippen LogP contribution in [-0.2, 0) is 18.4 Å². The summed E-state index contributed by atoms with van der Waals surface area (Å²) in [5.74, 6) is 1.25. The van der Waals surface area contributed by atoms with Crippen molar-refractivity contribution in [2.24, 2.45) is 13.0 Å². The molecule has 3 heterocycles. The monoisotopic (exact) mass is 397 g/mol. The summed E-state index contributed by atoms with van der Waals surface area (Å²) in [6, 6.07) is 5.45. The van der Waals surface area contributed by atoms with Gasteiger partial charge in [0.1, 0.15) is 31.5 Å². The van der Waals surface area contributed by atoms with Crippen molar-refractivity contribution < 1.29 is 14.3 Å². The van der Waals surface area contributed by atoms with Crippen LogP contribution in [0.25, 0.3) is 11.0 Å². The zero-order valence-corrected chi connectivity index (χ0v) is 16.6. The van der Waals surface area contributed by atoms with Gasteiger partial charge in [-0.05, 0) is 23.6 Å². The van der Waals surface area contributed by atoms with Crippen molar-refractivity contribution in [3.8, 4) is 11.5 Å². The van der Waals surface area contributed by atoms with Crippen LogP contribution in [0.2, 0.25) is 0 Å². The summed E-state index contributed by atoms with van der Waals surface area (Å²) in [6.07, 6.45) is 2.84. The molecule has 0 spiro atoms. The Morgan fingerprint density at radius 1 is 1.24 bits per heavy atom. The average molecular weight is 397 g/mol. The second kappa shape index (κ2) is 7.57. The van der Waals surface area contributed by atoms with Crippen LogP contribution in [0.15, 0.2) is 35.5 Å². The minimum absolute atomic E-state index is 0.121. The zero-order valence-electron chi connectivity index (χ0n) is 16.6. The van der Waals surface area contributed by atoms with E-state index in [0.717, 1.165) is 5.56 Å². The molecule has 2 aromatic heterocycles. The van der Waals surface area contributed by atoms with E-state index < -0.39 is 0 Å². The Morgan fingerprint density at radius 3 is 2.76 bits per heavy atom. The van der Waals surface area contributed by atoms with Crippen molar-refractivity contribution in [3.05, 3.63) is 46.6 Å². The number of amides is 1. The Hall–Kier alpha value is -3.36. The molecule has 0 radical (unpaired) electrons. The number of benzene rings is 1. The van der Waals surface area contributed by atoms with E-state index in [2.05, 4.69) is 15.4 Å². The molecule has 0 saturated carbocycles. The van der Waals surface area contributed by atoms with Gasteiger partial charge in [-0.1, -0.05) is 19.9 Å². The van der Waals surface area contributed by atoms with Crippen molar-refractivity contribution in [2.45, 2.75) is 26.4 Å². The first kappa shape index (κ1) is 19.0. The first-order valence-corrected chi connectivity index (χ1v) is 9.50. The lowest BCUT2D eigenvalue weighted by Gasteiger charge is -2.25. The predicted molar refractivity (Wildman–Crippen MR) is 106 cm³/mol. The fourth-order valence-corrected chi connectivity index (χ4v) is 3.44. The molecule has 9 nitrogen and oxygen atoms in total. The highest BCUT2D eigenvalue weighted by molar-refractivity contribution is 5.77. The molecular weight excluding hydrogens is 374 g/mol. The predicted octanol–water partition coefficient (Wildman–Crippen LogP) is 1.41. The highest BCUT2D eigenvalue weighted by atomic mass is 16.6. The second-order valence-electron chi connectivity index (χ2n) is 7.38. The summed E-state index contributed by atoms with van der Waals surface area (Å²) in [5.41, 5.74) is 1.12. The maximum absolute atomic E-state index is 12.7. The third-order valence-electron chi connectivity index (χ3n) is 4.94. The quantitative estimate of drug-likeness (QED) is 0.699. The summed E-state index contributed by atoms with van der Waals surface area (Å²) in [5, 5.41) is 7.45. The topological polar surface area (TPSA) is 100 Å². The molecule has 1 aliphatic rings. The molecule has 0 saturated heterocycles. The molecule has 1 amide bonds. The van der Waals surface area contributed by atoms with Crippen molar-refractivity contribution in [2.75, 3.05) is 13.2 Å². The highest BCUT2D eigenvalue weighted by Gasteiger charge is 2.22. The number of nitrogens with zero attached hydrogens (tertiary/aromatic N) is 4. The van der Waals surface area contributed by atoms with E-state index in [1.165, 1.54) is 21.8 Å². The third-order valence-corrected chi connectivity index (χ3v) is 4.94. The van der Waals surface area contributed by atoms with Crippen molar-refractivity contribution >= 4 is 16.9 Å². The van der Waals surface area contributed by atoms with Gasteiger partial charge in [0.15, 0.2) is 17.1 Å². The Balaban J connectivity index is 1.54. The smallest absolute Gasteiger partial charge is 0.264 e. The van der Waals surface area contributed by atoms with Gasteiger partial charge in [-0.3, -0.25) is 18.8 Å². The fraction of sp³-hybridized carbons (Fsp3) is 0.400. The highest BCUT2D eigenvalue weighted by Crippen LogP contribution is 2.34. The lowest BCUT2D eigenvalue weighted by molar-refractivity contribution is -0.122. The van der Waals surface area contributed by atoms with Crippen LogP contribution in [0.4, 0.5) is 0 Å². The SMILES string of the molecule is CC(C)[C@@H](NC(=O)Cn1cnc2c(cnn2C)c1=O)c1ccc2c(c1)OCCO2. The number of carbonyl (C=O) groups excluding carboxylic acids is 1. The van der Waals surface area contributed by atoms with E-state index in [9.17, 15) is 9.59 Å². The van der Waals surface area contributed by atoms with Gasteiger partial charge in [-0.2, -0.15) is 5.10 Å². The number of hydrogen-bond acceptors (Lipinski definition) is 6. The number of ether oxygens (including phenoxy) is 2. The molecule has 1 atom stereocenters. The molecular formula is C20H23N5O4. The molecule has 0 aliphatic carbocycles. The van der Waals surface area contributed by atoms with E-state index in [4.69, 9.17) is 9.47 Å². The number of fused-ring (bicyclic) bond motifs is 2. The first-order valence-electron chi connectivity index (χ1n) is 9.50. The van der Waals surface area contributed by atoms with E-state index >= 15 is 0 Å². The number of aryl methyl sites for hydroxylation is 1. The third kappa shape index (κ3) is 3.67. The largest absolute Gasteiger partial charge is 0.486 e. The maximum Gasteiger partial charge on any atom is 0.264 e. The molecule has 1 aromatic carbocycles. The summed E-state index contributed by atoms with van der Waals surface area (Å²) in [7, 11) is 1.71. The number of hydrogen-bond donors (Lipinski definition) is 1. The molecule has 0 fully saturated rings.